The van der Waals surface area contributed by atoms with Crippen molar-refractivity contribution >= 4 is 18.1 Å². The zero-order chi connectivity index (χ0) is 13.7. The van der Waals surface area contributed by atoms with Gasteiger partial charge in [0, 0.05) is 0 Å². The number of benzene rings is 1. The molecule has 1 unspecified atom stereocenters. The summed E-state index contributed by atoms with van der Waals surface area (Å²) in [7, 11) is 0. The lowest BCUT2D eigenvalue weighted by Crippen LogP contribution is -2.26. The predicted octanol–water partition coefficient (Wildman–Crippen LogP) is 3.93. The molecule has 1 aromatic rings. The van der Waals surface area contributed by atoms with Crippen molar-refractivity contribution in [2.24, 2.45) is 5.41 Å². The number of hydrogen-bond acceptors (Lipinski definition) is 1. The molecule has 1 N–H and O–H groups in total. The first-order valence-electron chi connectivity index (χ1n) is 6.16. The second-order valence-electron chi connectivity index (χ2n) is 4.50. The van der Waals surface area contributed by atoms with Crippen LogP contribution in [0.25, 0.3) is 12.2 Å². The van der Waals surface area contributed by atoms with Gasteiger partial charge in [-0.1, -0.05) is 73.4 Å². The summed E-state index contributed by atoms with van der Waals surface area (Å²) in [6.45, 7) is 3.76. The smallest absolute Gasteiger partial charge is 0.317 e. The van der Waals surface area contributed by atoms with Gasteiger partial charge in [-0.25, -0.2) is 0 Å². The van der Waals surface area contributed by atoms with Gasteiger partial charge >= 0.3 is 5.97 Å². The zero-order valence-electron chi connectivity index (χ0n) is 10.6. The van der Waals surface area contributed by atoms with Gasteiger partial charge in [-0.3, -0.25) is 4.79 Å². The average Bonchev–Trinajstić information content (AvgIpc) is 2.46. The van der Waals surface area contributed by atoms with Crippen LogP contribution in [0.15, 0.2) is 61.2 Å². The molecule has 0 saturated heterocycles. The maximum absolute atomic E-state index is 11.5. The molecule has 1 aromatic carbocycles. The van der Waals surface area contributed by atoms with E-state index in [9.17, 15) is 9.90 Å². The Labute approximate surface area is 113 Å². The molecule has 1 aliphatic rings. The van der Waals surface area contributed by atoms with Crippen LogP contribution < -0.4 is 0 Å². The number of rotatable bonds is 4. The van der Waals surface area contributed by atoms with E-state index < -0.39 is 11.4 Å². The maximum atomic E-state index is 11.5. The fraction of sp³-hybridized carbons (Fsp3) is 0.118. The fourth-order valence-corrected chi connectivity index (χ4v) is 2.08. The van der Waals surface area contributed by atoms with Crippen molar-refractivity contribution in [3.8, 4) is 0 Å². The van der Waals surface area contributed by atoms with Crippen LogP contribution in [0.5, 0.6) is 0 Å². The van der Waals surface area contributed by atoms with Crippen LogP contribution >= 0.6 is 0 Å². The van der Waals surface area contributed by atoms with Gasteiger partial charge in [-0.05, 0) is 17.5 Å². The number of carboxylic acids is 1. The lowest BCUT2D eigenvalue weighted by Gasteiger charge is -2.22. The highest BCUT2D eigenvalue weighted by atomic mass is 16.4. The Morgan fingerprint density at radius 3 is 2.58 bits per heavy atom. The molecule has 19 heavy (non-hydrogen) atoms. The average molecular weight is 252 g/mol. The van der Waals surface area contributed by atoms with Crippen molar-refractivity contribution in [1.29, 1.82) is 0 Å². The molecule has 0 aliphatic heterocycles. The number of hydrogen-bond donors (Lipinski definition) is 1. The van der Waals surface area contributed by atoms with E-state index in [2.05, 4.69) is 6.58 Å². The Bertz CT molecular complexity index is 579. The van der Waals surface area contributed by atoms with Crippen molar-refractivity contribution < 1.29 is 9.90 Å². The van der Waals surface area contributed by atoms with Crippen LogP contribution in [0.4, 0.5) is 0 Å². The minimum atomic E-state index is -0.941. The molecular weight excluding hydrogens is 236 g/mol. The first-order valence-corrected chi connectivity index (χ1v) is 6.16. The standard InChI is InChI=1S/C17H16O2/c1-2-14-8-4-5-9-15(14)10-13-17(16(18)19)11-6-3-7-12-17/h2-11,13H,1,12H2,(H,18,19). The Balaban J connectivity index is 2.34. The summed E-state index contributed by atoms with van der Waals surface area (Å²) >= 11 is 0. The summed E-state index contributed by atoms with van der Waals surface area (Å²) in [4.78, 5) is 11.5. The van der Waals surface area contributed by atoms with Gasteiger partial charge in [0.1, 0.15) is 5.41 Å². The monoisotopic (exact) mass is 252 g/mol. The summed E-state index contributed by atoms with van der Waals surface area (Å²) in [5.41, 5.74) is 1.03. The van der Waals surface area contributed by atoms with Crippen molar-refractivity contribution in [3.63, 3.8) is 0 Å². The van der Waals surface area contributed by atoms with Crippen LogP contribution in [-0.4, -0.2) is 11.1 Å². The van der Waals surface area contributed by atoms with E-state index in [-0.39, 0.29) is 0 Å². The Morgan fingerprint density at radius 2 is 2.00 bits per heavy atom. The molecule has 0 heterocycles. The molecular formula is C17H16O2. The van der Waals surface area contributed by atoms with Gasteiger partial charge in [0.2, 0.25) is 0 Å². The second-order valence-corrected chi connectivity index (χ2v) is 4.50. The molecule has 0 spiro atoms. The van der Waals surface area contributed by atoms with Crippen LogP contribution in [0.3, 0.4) is 0 Å². The highest BCUT2D eigenvalue weighted by Crippen LogP contribution is 2.31. The van der Waals surface area contributed by atoms with Crippen LogP contribution in [-0.2, 0) is 4.79 Å². The van der Waals surface area contributed by atoms with Crippen molar-refractivity contribution in [2.75, 3.05) is 0 Å². The third-order valence-electron chi connectivity index (χ3n) is 3.27. The molecule has 1 aliphatic carbocycles. The van der Waals surface area contributed by atoms with E-state index in [1.165, 1.54) is 0 Å². The van der Waals surface area contributed by atoms with Gasteiger partial charge in [0.25, 0.3) is 0 Å². The maximum Gasteiger partial charge on any atom is 0.317 e. The van der Waals surface area contributed by atoms with Crippen molar-refractivity contribution in [3.05, 3.63) is 72.4 Å². The molecule has 2 heteroatoms. The normalized spacial score (nSPS) is 21.7. The summed E-state index contributed by atoms with van der Waals surface area (Å²) in [6.07, 6.45) is 13.1. The zero-order valence-corrected chi connectivity index (χ0v) is 10.6. The van der Waals surface area contributed by atoms with E-state index >= 15 is 0 Å². The number of aliphatic carboxylic acids is 1. The van der Waals surface area contributed by atoms with Crippen LogP contribution in [0.2, 0.25) is 0 Å². The molecule has 96 valence electrons. The second kappa shape index (κ2) is 5.53. The quantitative estimate of drug-likeness (QED) is 0.881. The highest BCUT2D eigenvalue weighted by Gasteiger charge is 2.32. The molecule has 0 amide bonds. The number of carbonyl (C=O) groups is 1. The lowest BCUT2D eigenvalue weighted by molar-refractivity contribution is -0.143. The van der Waals surface area contributed by atoms with Crippen LogP contribution in [0.1, 0.15) is 17.5 Å². The molecule has 0 bridgehead atoms. The van der Waals surface area contributed by atoms with E-state index in [0.717, 1.165) is 11.1 Å². The van der Waals surface area contributed by atoms with Gasteiger partial charge in [-0.15, -0.1) is 0 Å². The molecule has 1 atom stereocenters. The molecule has 2 rings (SSSR count). The topological polar surface area (TPSA) is 37.3 Å². The molecule has 0 aromatic heterocycles. The molecule has 0 radical (unpaired) electrons. The van der Waals surface area contributed by atoms with Gasteiger partial charge in [0.15, 0.2) is 0 Å². The third-order valence-corrected chi connectivity index (χ3v) is 3.27. The minimum absolute atomic E-state index is 0.478. The molecule has 2 nitrogen and oxygen atoms in total. The lowest BCUT2D eigenvalue weighted by atomic mass is 9.81. The van der Waals surface area contributed by atoms with Gasteiger partial charge in [-0.2, -0.15) is 0 Å². The molecule has 0 fully saturated rings. The summed E-state index contributed by atoms with van der Waals surface area (Å²) in [5.74, 6) is -0.833. The van der Waals surface area contributed by atoms with Gasteiger partial charge in [0.05, 0.1) is 0 Å². The van der Waals surface area contributed by atoms with Gasteiger partial charge < -0.3 is 5.11 Å². The SMILES string of the molecule is C=Cc1ccccc1C=CC1(C(=O)O)C=CC=CC1. The van der Waals surface area contributed by atoms with Crippen LogP contribution in [0, 0.1) is 5.41 Å². The first-order chi connectivity index (χ1) is 9.18. The van der Waals surface area contributed by atoms with E-state index in [4.69, 9.17) is 0 Å². The van der Waals surface area contributed by atoms with E-state index in [1.54, 1.807) is 24.3 Å². The third kappa shape index (κ3) is 2.74. The summed E-state index contributed by atoms with van der Waals surface area (Å²) in [5, 5.41) is 9.44. The Hall–Kier alpha value is -2.35. The molecule has 0 saturated carbocycles. The van der Waals surface area contributed by atoms with E-state index in [1.807, 2.05) is 42.5 Å². The Kier molecular flexibility index (Phi) is 3.81. The van der Waals surface area contributed by atoms with Crippen molar-refractivity contribution in [1.82, 2.24) is 0 Å². The van der Waals surface area contributed by atoms with E-state index in [0.29, 0.717) is 6.42 Å². The minimum Gasteiger partial charge on any atom is -0.480 e. The summed E-state index contributed by atoms with van der Waals surface area (Å²) in [6, 6.07) is 7.77. The summed E-state index contributed by atoms with van der Waals surface area (Å²) < 4.78 is 0. The Morgan fingerprint density at radius 1 is 1.26 bits per heavy atom. The highest BCUT2D eigenvalue weighted by molar-refractivity contribution is 5.82. The predicted molar refractivity (Wildman–Crippen MR) is 78.5 cm³/mol. The number of carboxylic acid groups (broad SMARTS) is 1. The van der Waals surface area contributed by atoms with Crippen molar-refractivity contribution in [2.45, 2.75) is 6.42 Å². The first kappa shape index (κ1) is 13.1. The largest absolute Gasteiger partial charge is 0.480 e. The number of allylic oxidation sites excluding steroid dienone is 3. The fourth-order valence-electron chi connectivity index (χ4n) is 2.08.